The maximum Gasteiger partial charge on any atom is 0.123 e. The van der Waals surface area contributed by atoms with Crippen LogP contribution in [0.3, 0.4) is 0 Å². The fourth-order valence-electron chi connectivity index (χ4n) is 1.79. The molecule has 1 atom stereocenters. The number of nitrogens with two attached hydrogens (primary N) is 1. The van der Waals surface area contributed by atoms with Crippen molar-refractivity contribution < 1.29 is 4.39 Å². The van der Waals surface area contributed by atoms with E-state index in [2.05, 4.69) is 0 Å². The van der Waals surface area contributed by atoms with Gasteiger partial charge in [0.1, 0.15) is 5.67 Å². The number of aryl methyl sites for hydroxylation is 1. The van der Waals surface area contributed by atoms with Crippen LogP contribution in [0.2, 0.25) is 0 Å². The van der Waals surface area contributed by atoms with Crippen LogP contribution in [0.25, 0.3) is 0 Å². The zero-order valence-electron chi connectivity index (χ0n) is 9.38. The monoisotopic (exact) mass is 209 g/mol. The predicted octanol–water partition coefficient (Wildman–Crippen LogP) is 3.09. The van der Waals surface area contributed by atoms with E-state index >= 15 is 0 Å². The largest absolute Gasteiger partial charge is 0.328 e. The molecule has 0 bridgehead atoms. The summed E-state index contributed by atoms with van der Waals surface area (Å²) < 4.78 is 14.1. The predicted molar refractivity (Wildman–Crippen MR) is 62.6 cm³/mol. The van der Waals surface area contributed by atoms with E-state index in [1.54, 1.807) is 0 Å². The van der Waals surface area contributed by atoms with Gasteiger partial charge in [0.15, 0.2) is 0 Å². The van der Waals surface area contributed by atoms with Gasteiger partial charge in [0.05, 0.1) is 0 Å². The molecule has 0 aliphatic heterocycles. The topological polar surface area (TPSA) is 26.0 Å². The summed E-state index contributed by atoms with van der Waals surface area (Å²) in [4.78, 5) is 0. The lowest BCUT2D eigenvalue weighted by atomic mass is 9.92. The van der Waals surface area contributed by atoms with Gasteiger partial charge in [-0.05, 0) is 24.8 Å². The lowest BCUT2D eigenvalue weighted by Crippen LogP contribution is -2.33. The molecular formula is C13H20FN. The van der Waals surface area contributed by atoms with Gasteiger partial charge in [-0.15, -0.1) is 0 Å². The first kappa shape index (κ1) is 12.2. The van der Waals surface area contributed by atoms with E-state index in [1.165, 1.54) is 5.56 Å². The molecule has 84 valence electrons. The van der Waals surface area contributed by atoms with Gasteiger partial charge in [-0.1, -0.05) is 43.7 Å². The summed E-state index contributed by atoms with van der Waals surface area (Å²) in [5.41, 5.74) is 5.49. The van der Waals surface area contributed by atoms with Crippen molar-refractivity contribution in [1.82, 2.24) is 0 Å². The van der Waals surface area contributed by atoms with Crippen molar-refractivity contribution >= 4 is 0 Å². The van der Waals surface area contributed by atoms with Gasteiger partial charge in [-0.2, -0.15) is 0 Å². The number of alkyl halides is 1. The van der Waals surface area contributed by atoms with E-state index in [1.807, 2.05) is 37.3 Å². The second-order valence-corrected chi connectivity index (χ2v) is 4.09. The molecule has 1 unspecified atom stereocenters. The molecule has 15 heavy (non-hydrogen) atoms. The molecule has 0 aliphatic carbocycles. The van der Waals surface area contributed by atoms with Crippen LogP contribution in [0.4, 0.5) is 4.39 Å². The summed E-state index contributed by atoms with van der Waals surface area (Å²) in [6.45, 7) is 2.13. The minimum atomic E-state index is -1.18. The van der Waals surface area contributed by atoms with E-state index in [-0.39, 0.29) is 6.54 Å². The van der Waals surface area contributed by atoms with E-state index in [0.717, 1.165) is 12.8 Å². The highest BCUT2D eigenvalue weighted by atomic mass is 19.1. The molecule has 0 saturated carbocycles. The summed E-state index contributed by atoms with van der Waals surface area (Å²) in [6.07, 6.45) is 2.72. The maximum absolute atomic E-state index is 14.1. The average molecular weight is 209 g/mol. The summed E-state index contributed by atoms with van der Waals surface area (Å²) in [5.74, 6) is 0. The molecule has 1 aromatic carbocycles. The Balaban J connectivity index is 2.47. The zero-order valence-corrected chi connectivity index (χ0v) is 9.38. The maximum atomic E-state index is 14.1. The molecule has 1 rings (SSSR count). The van der Waals surface area contributed by atoms with Crippen LogP contribution in [0.1, 0.15) is 31.7 Å². The van der Waals surface area contributed by atoms with Crippen LogP contribution in [0, 0.1) is 0 Å². The molecule has 1 nitrogen and oxygen atoms in total. The quantitative estimate of drug-likeness (QED) is 0.765. The first-order chi connectivity index (χ1) is 7.20. The normalized spacial score (nSPS) is 14.9. The van der Waals surface area contributed by atoms with Gasteiger partial charge >= 0.3 is 0 Å². The third-order valence-electron chi connectivity index (χ3n) is 2.77. The van der Waals surface area contributed by atoms with Gasteiger partial charge in [0, 0.05) is 6.54 Å². The zero-order chi connectivity index (χ0) is 11.1. The molecular weight excluding hydrogens is 189 g/mol. The van der Waals surface area contributed by atoms with Crippen LogP contribution >= 0.6 is 0 Å². The molecule has 2 N–H and O–H groups in total. The summed E-state index contributed by atoms with van der Waals surface area (Å²) in [6, 6.07) is 10.0. The van der Waals surface area contributed by atoms with Gasteiger partial charge in [0.2, 0.25) is 0 Å². The fraction of sp³-hybridized carbons (Fsp3) is 0.538. The first-order valence-electron chi connectivity index (χ1n) is 5.63. The molecule has 0 aliphatic rings. The van der Waals surface area contributed by atoms with Crippen molar-refractivity contribution in [2.75, 3.05) is 6.54 Å². The van der Waals surface area contributed by atoms with Gasteiger partial charge in [0.25, 0.3) is 0 Å². The van der Waals surface area contributed by atoms with E-state index in [4.69, 9.17) is 5.73 Å². The summed E-state index contributed by atoms with van der Waals surface area (Å²) >= 11 is 0. The lowest BCUT2D eigenvalue weighted by molar-refractivity contribution is 0.146. The summed E-state index contributed by atoms with van der Waals surface area (Å²) in [5, 5.41) is 0. The SMILES string of the molecule is CCCC(F)(CN)CCc1ccccc1. The van der Waals surface area contributed by atoms with Crippen LogP contribution in [-0.2, 0) is 6.42 Å². The molecule has 2 heteroatoms. The van der Waals surface area contributed by atoms with Gasteiger partial charge in [-0.25, -0.2) is 4.39 Å². The van der Waals surface area contributed by atoms with Crippen molar-refractivity contribution in [1.29, 1.82) is 0 Å². The minimum absolute atomic E-state index is 0.133. The van der Waals surface area contributed by atoms with Gasteiger partial charge < -0.3 is 5.73 Å². The highest BCUT2D eigenvalue weighted by Crippen LogP contribution is 2.23. The number of hydrogen-bond acceptors (Lipinski definition) is 1. The highest BCUT2D eigenvalue weighted by molar-refractivity contribution is 5.15. The Kier molecular flexibility index (Phi) is 4.76. The number of halogens is 1. The lowest BCUT2D eigenvalue weighted by Gasteiger charge is -2.22. The summed E-state index contributed by atoms with van der Waals surface area (Å²) in [7, 11) is 0. The standard InChI is InChI=1S/C13H20FN/c1-2-9-13(14,11-15)10-8-12-6-4-3-5-7-12/h3-7H,2,8-11,15H2,1H3. The third-order valence-corrected chi connectivity index (χ3v) is 2.77. The molecule has 0 radical (unpaired) electrons. The molecule has 0 fully saturated rings. The number of hydrogen-bond donors (Lipinski definition) is 1. The Hall–Kier alpha value is -0.890. The molecule has 0 saturated heterocycles. The van der Waals surface area contributed by atoms with E-state index in [0.29, 0.717) is 12.8 Å². The number of benzene rings is 1. The van der Waals surface area contributed by atoms with Crippen LogP contribution < -0.4 is 5.73 Å². The smallest absolute Gasteiger partial charge is 0.123 e. The Bertz CT molecular complexity index is 273. The molecule has 1 aromatic rings. The molecule has 0 aromatic heterocycles. The Labute approximate surface area is 91.5 Å². The minimum Gasteiger partial charge on any atom is -0.328 e. The Morgan fingerprint density at radius 1 is 1.20 bits per heavy atom. The average Bonchev–Trinajstić information content (AvgIpc) is 2.28. The van der Waals surface area contributed by atoms with E-state index in [9.17, 15) is 4.39 Å². The van der Waals surface area contributed by atoms with Crippen LogP contribution in [0.15, 0.2) is 30.3 Å². The van der Waals surface area contributed by atoms with E-state index < -0.39 is 5.67 Å². The van der Waals surface area contributed by atoms with Crippen LogP contribution in [0.5, 0.6) is 0 Å². The van der Waals surface area contributed by atoms with Crippen molar-refractivity contribution in [3.05, 3.63) is 35.9 Å². The molecule has 0 spiro atoms. The molecule has 0 amide bonds. The second-order valence-electron chi connectivity index (χ2n) is 4.09. The van der Waals surface area contributed by atoms with Crippen molar-refractivity contribution in [3.63, 3.8) is 0 Å². The fourth-order valence-corrected chi connectivity index (χ4v) is 1.79. The van der Waals surface area contributed by atoms with Crippen molar-refractivity contribution in [3.8, 4) is 0 Å². The number of rotatable bonds is 6. The van der Waals surface area contributed by atoms with Crippen LogP contribution in [-0.4, -0.2) is 12.2 Å². The first-order valence-corrected chi connectivity index (χ1v) is 5.63. The van der Waals surface area contributed by atoms with Gasteiger partial charge in [-0.3, -0.25) is 0 Å². The van der Waals surface area contributed by atoms with Crippen molar-refractivity contribution in [2.24, 2.45) is 5.73 Å². The third kappa shape index (κ3) is 4.00. The Morgan fingerprint density at radius 2 is 1.87 bits per heavy atom. The Morgan fingerprint density at radius 3 is 2.40 bits per heavy atom. The highest BCUT2D eigenvalue weighted by Gasteiger charge is 2.26. The van der Waals surface area contributed by atoms with Crippen molar-refractivity contribution in [2.45, 2.75) is 38.3 Å². The molecule has 0 heterocycles. The second kappa shape index (κ2) is 5.86.